The predicted molar refractivity (Wildman–Crippen MR) is 73.4 cm³/mol. The molecule has 2 aliphatic rings. The Hall–Kier alpha value is -2.57. The van der Waals surface area contributed by atoms with Crippen molar-refractivity contribution in [1.82, 2.24) is 10.3 Å². The second-order valence-corrected chi connectivity index (χ2v) is 5.51. The summed E-state index contributed by atoms with van der Waals surface area (Å²) in [6, 6.07) is 3.26. The molecule has 2 atom stereocenters. The summed E-state index contributed by atoms with van der Waals surface area (Å²) in [6.07, 6.45) is 2.91. The highest BCUT2D eigenvalue weighted by atomic mass is 16.6. The van der Waals surface area contributed by atoms with Crippen molar-refractivity contribution in [2.24, 2.45) is 5.92 Å². The summed E-state index contributed by atoms with van der Waals surface area (Å²) < 4.78 is 10.2. The molecule has 2 N–H and O–H groups in total. The van der Waals surface area contributed by atoms with Crippen LogP contribution in [0.5, 0.6) is 0 Å². The molecule has 0 aromatic carbocycles. The van der Waals surface area contributed by atoms with Gasteiger partial charge in [-0.25, -0.2) is 4.63 Å². The third kappa shape index (κ3) is 1.93. The van der Waals surface area contributed by atoms with Crippen molar-refractivity contribution in [2.75, 3.05) is 10.6 Å². The minimum absolute atomic E-state index is 0.118. The van der Waals surface area contributed by atoms with Gasteiger partial charge in [0.2, 0.25) is 11.6 Å². The fourth-order valence-corrected chi connectivity index (χ4v) is 2.96. The molecule has 0 radical (unpaired) electrons. The topological polar surface area (TPSA) is 93.2 Å². The van der Waals surface area contributed by atoms with Crippen LogP contribution in [0.3, 0.4) is 0 Å². The van der Waals surface area contributed by atoms with E-state index in [1.807, 2.05) is 6.07 Å². The Kier molecular flexibility index (Phi) is 2.60. The molecule has 7 heteroatoms. The van der Waals surface area contributed by atoms with Gasteiger partial charge < -0.3 is 15.1 Å². The van der Waals surface area contributed by atoms with E-state index in [2.05, 4.69) is 27.9 Å². The summed E-state index contributed by atoms with van der Waals surface area (Å²) in [6.45, 7) is 2.06. The van der Waals surface area contributed by atoms with Gasteiger partial charge in [-0.05, 0) is 34.8 Å². The minimum atomic E-state index is -0.379. The first-order chi connectivity index (χ1) is 10.2. The monoisotopic (exact) mass is 286 g/mol. The van der Waals surface area contributed by atoms with E-state index in [0.717, 1.165) is 12.1 Å². The zero-order valence-electron chi connectivity index (χ0n) is 11.4. The van der Waals surface area contributed by atoms with Crippen LogP contribution in [0.4, 0.5) is 11.6 Å². The molecule has 0 saturated carbocycles. The van der Waals surface area contributed by atoms with Crippen molar-refractivity contribution >= 4 is 17.4 Å². The van der Waals surface area contributed by atoms with Crippen molar-refractivity contribution < 1.29 is 13.8 Å². The summed E-state index contributed by atoms with van der Waals surface area (Å²) >= 11 is 0. The van der Waals surface area contributed by atoms with Crippen LogP contribution in [-0.2, 0) is 4.79 Å². The first-order valence-corrected chi connectivity index (χ1v) is 6.88. The molecule has 1 aliphatic heterocycles. The Balaban J connectivity index is 1.87. The maximum absolute atomic E-state index is 12.5. The normalized spacial score (nSPS) is 24.7. The minimum Gasteiger partial charge on any atom is -0.467 e. The van der Waals surface area contributed by atoms with Crippen LogP contribution in [0.15, 0.2) is 38.7 Å². The van der Waals surface area contributed by atoms with E-state index in [1.54, 1.807) is 12.3 Å². The second-order valence-electron chi connectivity index (χ2n) is 5.51. The molecule has 4 rings (SSSR count). The fraction of sp³-hybridized carbons (Fsp3) is 0.357. The van der Waals surface area contributed by atoms with Gasteiger partial charge in [0.1, 0.15) is 11.8 Å². The van der Waals surface area contributed by atoms with Crippen LogP contribution in [0.1, 0.15) is 31.6 Å². The van der Waals surface area contributed by atoms with Crippen LogP contribution >= 0.6 is 0 Å². The summed E-state index contributed by atoms with van der Waals surface area (Å²) in [5.41, 5.74) is 1.56. The van der Waals surface area contributed by atoms with Crippen LogP contribution in [0, 0.1) is 5.92 Å². The van der Waals surface area contributed by atoms with E-state index >= 15 is 0 Å². The zero-order valence-corrected chi connectivity index (χ0v) is 11.4. The Bertz CT molecular complexity index is 716. The highest BCUT2D eigenvalue weighted by Crippen LogP contribution is 2.40. The van der Waals surface area contributed by atoms with Crippen molar-refractivity contribution in [3.8, 4) is 0 Å². The third-order valence-electron chi connectivity index (χ3n) is 3.87. The average molecular weight is 286 g/mol. The number of fused-ring (bicyclic) bond motifs is 1. The Morgan fingerprint density at radius 1 is 1.29 bits per heavy atom. The fourth-order valence-electron chi connectivity index (χ4n) is 2.96. The van der Waals surface area contributed by atoms with Crippen molar-refractivity contribution in [3.63, 3.8) is 0 Å². The van der Waals surface area contributed by atoms with Gasteiger partial charge in [0.05, 0.1) is 6.26 Å². The molecular weight excluding hydrogens is 272 g/mol. The summed E-state index contributed by atoms with van der Waals surface area (Å²) in [5.74, 6) is 2.06. The number of anilines is 2. The molecule has 21 heavy (non-hydrogen) atoms. The number of allylic oxidation sites excluding steroid dienone is 1. The zero-order chi connectivity index (χ0) is 14.4. The van der Waals surface area contributed by atoms with E-state index < -0.39 is 0 Å². The molecule has 0 bridgehead atoms. The van der Waals surface area contributed by atoms with Crippen LogP contribution in [0.2, 0.25) is 0 Å². The Morgan fingerprint density at radius 3 is 2.95 bits per heavy atom. The predicted octanol–water partition coefficient (Wildman–Crippen LogP) is 2.49. The van der Waals surface area contributed by atoms with Gasteiger partial charge in [0.25, 0.3) is 0 Å². The second kappa shape index (κ2) is 4.47. The summed E-state index contributed by atoms with van der Waals surface area (Å²) in [5, 5.41) is 14.0. The maximum atomic E-state index is 12.5. The molecule has 0 fully saturated rings. The highest BCUT2D eigenvalue weighted by Gasteiger charge is 2.36. The van der Waals surface area contributed by atoms with E-state index in [0.29, 0.717) is 35.3 Å². The van der Waals surface area contributed by atoms with Gasteiger partial charge in [-0.3, -0.25) is 4.79 Å². The maximum Gasteiger partial charge on any atom is 0.219 e. The summed E-state index contributed by atoms with van der Waals surface area (Å²) in [4.78, 5) is 12.5. The van der Waals surface area contributed by atoms with E-state index in [-0.39, 0.29) is 11.8 Å². The lowest BCUT2D eigenvalue weighted by atomic mass is 9.83. The van der Waals surface area contributed by atoms with Crippen LogP contribution in [-0.4, -0.2) is 16.1 Å². The molecule has 1 aliphatic carbocycles. The molecule has 2 aromatic heterocycles. The van der Waals surface area contributed by atoms with E-state index in [4.69, 9.17) is 9.05 Å². The standard InChI is InChI=1S/C14H14N4O3/c1-7-5-8-11(9(19)6-7)12(10-3-2-4-20-10)16-14-13(15-8)17-21-18-14/h2-4,7,12H,5-6H2,1H3,(H,15,17)(H,16,18). The molecule has 0 amide bonds. The molecule has 7 nitrogen and oxygen atoms in total. The van der Waals surface area contributed by atoms with Gasteiger partial charge in [-0.2, -0.15) is 0 Å². The highest BCUT2D eigenvalue weighted by molar-refractivity contribution is 6.00. The molecule has 2 aromatic rings. The number of carbonyl (C=O) groups excluding carboxylic acids is 1. The number of rotatable bonds is 1. The molecule has 108 valence electrons. The first kappa shape index (κ1) is 12.2. The number of ketones is 1. The van der Waals surface area contributed by atoms with Crippen LogP contribution in [0.25, 0.3) is 0 Å². The third-order valence-corrected chi connectivity index (χ3v) is 3.87. The van der Waals surface area contributed by atoms with Crippen molar-refractivity contribution in [2.45, 2.75) is 25.8 Å². The summed E-state index contributed by atoms with van der Waals surface area (Å²) in [7, 11) is 0. The lowest BCUT2D eigenvalue weighted by molar-refractivity contribution is -0.117. The molecule has 0 saturated heterocycles. The quantitative estimate of drug-likeness (QED) is 0.831. The van der Waals surface area contributed by atoms with Gasteiger partial charge in [0, 0.05) is 17.7 Å². The smallest absolute Gasteiger partial charge is 0.219 e. The number of nitrogens with zero attached hydrogens (tertiary/aromatic N) is 2. The van der Waals surface area contributed by atoms with Gasteiger partial charge in [0.15, 0.2) is 5.78 Å². The average Bonchev–Trinajstić information content (AvgIpc) is 3.07. The largest absolute Gasteiger partial charge is 0.467 e. The molecule has 2 unspecified atom stereocenters. The van der Waals surface area contributed by atoms with Crippen molar-refractivity contribution in [1.29, 1.82) is 0 Å². The number of nitrogens with one attached hydrogen (secondary N) is 2. The van der Waals surface area contributed by atoms with Gasteiger partial charge in [-0.15, -0.1) is 0 Å². The van der Waals surface area contributed by atoms with Crippen molar-refractivity contribution in [3.05, 3.63) is 35.4 Å². The number of hydrogen-bond donors (Lipinski definition) is 2. The van der Waals surface area contributed by atoms with Gasteiger partial charge in [-0.1, -0.05) is 6.92 Å². The number of carbonyl (C=O) groups is 1. The number of aromatic nitrogens is 2. The molecular formula is C14H14N4O3. The molecule has 3 heterocycles. The first-order valence-electron chi connectivity index (χ1n) is 6.88. The molecule has 0 spiro atoms. The van der Waals surface area contributed by atoms with E-state index in [9.17, 15) is 4.79 Å². The number of hydrogen-bond acceptors (Lipinski definition) is 7. The van der Waals surface area contributed by atoms with Crippen LogP contribution < -0.4 is 10.6 Å². The Labute approximate surface area is 120 Å². The SMILES string of the molecule is CC1CC(=O)C2=C(C1)Nc1nonc1NC2c1ccco1. The number of furan rings is 1. The van der Waals surface area contributed by atoms with E-state index in [1.165, 1.54) is 0 Å². The lowest BCUT2D eigenvalue weighted by Gasteiger charge is -2.26. The Morgan fingerprint density at radius 2 is 2.14 bits per heavy atom. The number of Topliss-reactive ketones (excluding diaryl/α,β-unsaturated/α-hetero) is 1. The lowest BCUT2D eigenvalue weighted by Crippen LogP contribution is -2.26. The van der Waals surface area contributed by atoms with Gasteiger partial charge >= 0.3 is 0 Å².